The minimum absolute atomic E-state index is 0.380. The maximum absolute atomic E-state index is 5.73. The van der Waals surface area contributed by atoms with E-state index < -0.39 is 0 Å². The van der Waals surface area contributed by atoms with Gasteiger partial charge in [-0.15, -0.1) is 0 Å². The van der Waals surface area contributed by atoms with E-state index in [0.29, 0.717) is 17.3 Å². The summed E-state index contributed by atoms with van der Waals surface area (Å²) in [6, 6.07) is 0. The van der Waals surface area contributed by atoms with Gasteiger partial charge in [-0.25, -0.2) is 0 Å². The van der Waals surface area contributed by atoms with E-state index in [2.05, 4.69) is 39.9 Å². The van der Waals surface area contributed by atoms with Crippen LogP contribution < -0.4 is 11.1 Å². The molecule has 92 valence electrons. The molecule has 0 saturated carbocycles. The van der Waals surface area contributed by atoms with Crippen molar-refractivity contribution in [3.63, 3.8) is 0 Å². The van der Waals surface area contributed by atoms with Gasteiger partial charge in [-0.1, -0.05) is 41.0 Å². The molecule has 0 aliphatic carbocycles. The largest absolute Gasteiger partial charge is 0.330 e. The second kappa shape index (κ2) is 7.24. The first-order chi connectivity index (χ1) is 6.94. The fourth-order valence-electron chi connectivity index (χ4n) is 1.51. The summed E-state index contributed by atoms with van der Waals surface area (Å²) in [6.07, 6.45) is 2.47. The van der Waals surface area contributed by atoms with E-state index in [4.69, 9.17) is 5.73 Å². The zero-order valence-electron chi connectivity index (χ0n) is 11.3. The molecular formula is C13H30N2. The normalized spacial score (nSPS) is 14.6. The van der Waals surface area contributed by atoms with Crippen LogP contribution >= 0.6 is 0 Å². The van der Waals surface area contributed by atoms with Crippen LogP contribution in [0.1, 0.15) is 47.5 Å². The zero-order valence-corrected chi connectivity index (χ0v) is 11.3. The van der Waals surface area contributed by atoms with E-state index in [-0.39, 0.29) is 0 Å². The Bertz CT molecular complexity index is 153. The lowest BCUT2D eigenvalue weighted by molar-refractivity contribution is 0.232. The van der Waals surface area contributed by atoms with Gasteiger partial charge in [0, 0.05) is 6.54 Å². The van der Waals surface area contributed by atoms with Gasteiger partial charge in [0.25, 0.3) is 0 Å². The molecule has 1 atom stereocenters. The molecule has 0 amide bonds. The fraction of sp³-hybridized carbons (Fsp3) is 1.00. The van der Waals surface area contributed by atoms with Gasteiger partial charge in [-0.3, -0.25) is 0 Å². The molecule has 0 radical (unpaired) electrons. The van der Waals surface area contributed by atoms with Gasteiger partial charge in [0.05, 0.1) is 0 Å². The average Bonchev–Trinajstić information content (AvgIpc) is 2.16. The van der Waals surface area contributed by atoms with Crippen molar-refractivity contribution >= 4 is 0 Å². The predicted molar refractivity (Wildman–Crippen MR) is 68.9 cm³/mol. The molecule has 0 heterocycles. The maximum atomic E-state index is 5.73. The standard InChI is InChI=1S/C13H30N2/c1-6-7-12(8-14)9-15-10-13(4,5)11(2)3/h11-12,15H,6-10,14H2,1-5H3. The molecule has 1 unspecified atom stereocenters. The van der Waals surface area contributed by atoms with E-state index in [1.54, 1.807) is 0 Å². The molecule has 2 heteroatoms. The summed E-state index contributed by atoms with van der Waals surface area (Å²) >= 11 is 0. The Labute approximate surface area is 96.0 Å². The zero-order chi connectivity index (χ0) is 11.9. The highest BCUT2D eigenvalue weighted by atomic mass is 14.9. The minimum atomic E-state index is 0.380. The number of hydrogen-bond donors (Lipinski definition) is 2. The number of rotatable bonds is 8. The quantitative estimate of drug-likeness (QED) is 0.652. The van der Waals surface area contributed by atoms with Crippen LogP contribution in [0.3, 0.4) is 0 Å². The highest BCUT2D eigenvalue weighted by molar-refractivity contribution is 4.75. The monoisotopic (exact) mass is 214 g/mol. The molecule has 0 aliphatic heterocycles. The lowest BCUT2D eigenvalue weighted by Gasteiger charge is -2.30. The topological polar surface area (TPSA) is 38.0 Å². The van der Waals surface area contributed by atoms with Crippen molar-refractivity contribution in [1.82, 2.24) is 5.32 Å². The summed E-state index contributed by atoms with van der Waals surface area (Å²) in [5, 5.41) is 3.56. The van der Waals surface area contributed by atoms with E-state index in [0.717, 1.165) is 19.6 Å². The Morgan fingerprint density at radius 3 is 2.27 bits per heavy atom. The third-order valence-corrected chi connectivity index (χ3v) is 3.61. The Balaban J connectivity index is 3.76. The van der Waals surface area contributed by atoms with Gasteiger partial charge in [-0.05, 0) is 36.8 Å². The summed E-state index contributed by atoms with van der Waals surface area (Å²) in [4.78, 5) is 0. The Morgan fingerprint density at radius 1 is 1.27 bits per heavy atom. The van der Waals surface area contributed by atoms with Gasteiger partial charge in [-0.2, -0.15) is 0 Å². The second-order valence-corrected chi connectivity index (χ2v) is 5.66. The van der Waals surface area contributed by atoms with E-state index >= 15 is 0 Å². The van der Waals surface area contributed by atoms with Crippen LogP contribution in [0.2, 0.25) is 0 Å². The van der Waals surface area contributed by atoms with Crippen LogP contribution in [-0.4, -0.2) is 19.6 Å². The molecule has 0 aromatic heterocycles. The molecule has 0 aromatic rings. The van der Waals surface area contributed by atoms with Crippen molar-refractivity contribution in [2.75, 3.05) is 19.6 Å². The minimum Gasteiger partial charge on any atom is -0.330 e. The summed E-state index contributed by atoms with van der Waals surface area (Å²) in [6.45, 7) is 14.4. The van der Waals surface area contributed by atoms with Crippen LogP contribution in [0.4, 0.5) is 0 Å². The Morgan fingerprint density at radius 2 is 1.87 bits per heavy atom. The molecule has 0 fully saturated rings. The summed E-state index contributed by atoms with van der Waals surface area (Å²) in [7, 11) is 0. The van der Waals surface area contributed by atoms with Gasteiger partial charge in [0.2, 0.25) is 0 Å². The van der Waals surface area contributed by atoms with E-state index in [1.807, 2.05) is 0 Å². The summed E-state index contributed by atoms with van der Waals surface area (Å²) in [5.41, 5.74) is 6.11. The molecule has 0 bridgehead atoms. The van der Waals surface area contributed by atoms with Gasteiger partial charge in [0.1, 0.15) is 0 Å². The van der Waals surface area contributed by atoms with Crippen LogP contribution in [0.25, 0.3) is 0 Å². The lowest BCUT2D eigenvalue weighted by atomic mass is 9.81. The van der Waals surface area contributed by atoms with Crippen molar-refractivity contribution in [3.05, 3.63) is 0 Å². The average molecular weight is 214 g/mol. The number of nitrogens with one attached hydrogen (secondary N) is 1. The first-order valence-corrected chi connectivity index (χ1v) is 6.34. The second-order valence-electron chi connectivity index (χ2n) is 5.66. The Hall–Kier alpha value is -0.0800. The molecule has 15 heavy (non-hydrogen) atoms. The van der Waals surface area contributed by atoms with Crippen LogP contribution in [0.15, 0.2) is 0 Å². The summed E-state index contributed by atoms with van der Waals surface area (Å²) < 4.78 is 0. The van der Waals surface area contributed by atoms with Crippen LogP contribution in [0.5, 0.6) is 0 Å². The highest BCUT2D eigenvalue weighted by Gasteiger charge is 2.21. The molecule has 3 N–H and O–H groups in total. The molecular weight excluding hydrogens is 184 g/mol. The highest BCUT2D eigenvalue weighted by Crippen LogP contribution is 2.24. The van der Waals surface area contributed by atoms with Crippen molar-refractivity contribution in [1.29, 1.82) is 0 Å². The van der Waals surface area contributed by atoms with Crippen LogP contribution in [-0.2, 0) is 0 Å². The third kappa shape index (κ3) is 6.16. The van der Waals surface area contributed by atoms with Gasteiger partial charge < -0.3 is 11.1 Å². The maximum Gasteiger partial charge on any atom is 0.000509 e. The molecule has 0 spiro atoms. The number of hydrogen-bond acceptors (Lipinski definition) is 2. The molecule has 0 rings (SSSR count). The molecule has 0 aromatic carbocycles. The van der Waals surface area contributed by atoms with Crippen LogP contribution in [0, 0.1) is 17.3 Å². The van der Waals surface area contributed by atoms with Crippen molar-refractivity contribution in [2.24, 2.45) is 23.0 Å². The first-order valence-electron chi connectivity index (χ1n) is 6.34. The predicted octanol–water partition coefficient (Wildman–Crippen LogP) is 2.63. The summed E-state index contributed by atoms with van der Waals surface area (Å²) in [5.74, 6) is 1.37. The van der Waals surface area contributed by atoms with Crippen molar-refractivity contribution in [3.8, 4) is 0 Å². The molecule has 0 saturated heterocycles. The SMILES string of the molecule is CCCC(CN)CNCC(C)(C)C(C)C. The number of nitrogens with two attached hydrogens (primary N) is 1. The third-order valence-electron chi connectivity index (χ3n) is 3.61. The fourth-order valence-corrected chi connectivity index (χ4v) is 1.51. The smallest absolute Gasteiger partial charge is 0.000509 e. The first kappa shape index (κ1) is 14.9. The van der Waals surface area contributed by atoms with Crippen molar-refractivity contribution in [2.45, 2.75) is 47.5 Å². The van der Waals surface area contributed by atoms with Gasteiger partial charge in [0.15, 0.2) is 0 Å². The Kier molecular flexibility index (Phi) is 7.20. The van der Waals surface area contributed by atoms with Gasteiger partial charge >= 0.3 is 0 Å². The lowest BCUT2D eigenvalue weighted by Crippen LogP contribution is -2.37. The van der Waals surface area contributed by atoms with E-state index in [1.165, 1.54) is 12.8 Å². The van der Waals surface area contributed by atoms with Crippen molar-refractivity contribution < 1.29 is 0 Å². The van der Waals surface area contributed by atoms with E-state index in [9.17, 15) is 0 Å². The molecule has 0 aliphatic rings. The molecule has 2 nitrogen and oxygen atoms in total.